The predicted octanol–water partition coefficient (Wildman–Crippen LogP) is 2.98. The lowest BCUT2D eigenvalue weighted by Crippen LogP contribution is -2.37. The summed E-state index contributed by atoms with van der Waals surface area (Å²) in [5, 5.41) is 0. The van der Waals surface area contributed by atoms with Gasteiger partial charge in [-0.25, -0.2) is 0 Å². The predicted molar refractivity (Wildman–Crippen MR) is 61.5 cm³/mol. The van der Waals surface area contributed by atoms with Gasteiger partial charge in [0, 0.05) is 6.04 Å². The minimum Gasteiger partial charge on any atom is -0.472 e. The molecule has 3 unspecified atom stereocenters. The summed E-state index contributed by atoms with van der Waals surface area (Å²) >= 11 is 0. The first kappa shape index (κ1) is 10.7. The largest absolute Gasteiger partial charge is 0.472 e. The van der Waals surface area contributed by atoms with E-state index in [1.807, 2.05) is 6.26 Å². The van der Waals surface area contributed by atoms with Gasteiger partial charge in [0.05, 0.1) is 12.5 Å². The van der Waals surface area contributed by atoms with Gasteiger partial charge in [0.25, 0.3) is 0 Å². The average molecular weight is 207 g/mol. The summed E-state index contributed by atoms with van der Waals surface area (Å²) in [6.45, 7) is 2.29. The van der Waals surface area contributed by atoms with Crippen LogP contribution in [0.1, 0.15) is 38.2 Å². The maximum absolute atomic E-state index is 6.18. The van der Waals surface area contributed by atoms with Crippen molar-refractivity contribution in [1.29, 1.82) is 0 Å². The first-order valence-electron chi connectivity index (χ1n) is 6.06. The Morgan fingerprint density at radius 2 is 2.33 bits per heavy atom. The molecule has 0 amide bonds. The Morgan fingerprint density at radius 1 is 1.47 bits per heavy atom. The van der Waals surface area contributed by atoms with Crippen LogP contribution in [0.15, 0.2) is 23.0 Å². The third kappa shape index (κ3) is 2.63. The Hall–Kier alpha value is -0.760. The van der Waals surface area contributed by atoms with Crippen molar-refractivity contribution in [3.8, 4) is 0 Å². The van der Waals surface area contributed by atoms with Crippen LogP contribution in [0.3, 0.4) is 0 Å². The van der Waals surface area contributed by atoms with Gasteiger partial charge in [0.2, 0.25) is 0 Å². The van der Waals surface area contributed by atoms with Crippen molar-refractivity contribution < 1.29 is 4.42 Å². The molecule has 1 aliphatic carbocycles. The lowest BCUT2D eigenvalue weighted by Gasteiger charge is -2.33. The van der Waals surface area contributed by atoms with Gasteiger partial charge in [-0.05, 0) is 49.1 Å². The first-order chi connectivity index (χ1) is 7.29. The molecule has 0 bridgehead atoms. The minimum absolute atomic E-state index is 0.391. The van der Waals surface area contributed by atoms with Crippen LogP contribution in [0, 0.1) is 11.8 Å². The summed E-state index contributed by atoms with van der Waals surface area (Å²) in [5.74, 6) is 1.54. The highest BCUT2D eigenvalue weighted by atomic mass is 16.3. The lowest BCUT2D eigenvalue weighted by molar-refractivity contribution is 0.227. The molecule has 3 atom stereocenters. The van der Waals surface area contributed by atoms with Crippen molar-refractivity contribution in [2.24, 2.45) is 17.6 Å². The van der Waals surface area contributed by atoms with E-state index in [1.54, 1.807) is 6.26 Å². The van der Waals surface area contributed by atoms with Crippen LogP contribution in [0.2, 0.25) is 0 Å². The molecule has 84 valence electrons. The molecule has 2 heteroatoms. The van der Waals surface area contributed by atoms with Gasteiger partial charge in [-0.3, -0.25) is 0 Å². The van der Waals surface area contributed by atoms with Gasteiger partial charge in [0.1, 0.15) is 0 Å². The molecule has 2 N–H and O–H groups in total. The van der Waals surface area contributed by atoms with Crippen LogP contribution < -0.4 is 5.73 Å². The molecular formula is C13H21NO. The van der Waals surface area contributed by atoms with Crippen molar-refractivity contribution >= 4 is 0 Å². The molecular weight excluding hydrogens is 186 g/mol. The number of nitrogens with two attached hydrogens (primary N) is 1. The molecule has 0 spiro atoms. The highest BCUT2D eigenvalue weighted by Crippen LogP contribution is 2.32. The Balaban J connectivity index is 1.94. The minimum atomic E-state index is 0.391. The molecule has 1 heterocycles. The molecule has 1 fully saturated rings. The van der Waals surface area contributed by atoms with E-state index in [0.717, 1.165) is 12.3 Å². The van der Waals surface area contributed by atoms with Gasteiger partial charge >= 0.3 is 0 Å². The van der Waals surface area contributed by atoms with Crippen LogP contribution in [0.25, 0.3) is 0 Å². The van der Waals surface area contributed by atoms with E-state index in [2.05, 4.69) is 13.0 Å². The van der Waals surface area contributed by atoms with E-state index in [4.69, 9.17) is 10.2 Å². The second kappa shape index (κ2) is 4.84. The zero-order valence-electron chi connectivity index (χ0n) is 9.49. The zero-order valence-corrected chi connectivity index (χ0v) is 9.49. The molecule has 1 aromatic heterocycles. The van der Waals surface area contributed by atoms with Crippen LogP contribution >= 0.6 is 0 Å². The van der Waals surface area contributed by atoms with E-state index in [0.29, 0.717) is 12.0 Å². The SMILES string of the molecule is CCC1CCC(N)C(Cc2ccoc2)C1. The fourth-order valence-corrected chi connectivity index (χ4v) is 2.70. The fraction of sp³-hybridized carbons (Fsp3) is 0.692. The summed E-state index contributed by atoms with van der Waals surface area (Å²) < 4.78 is 5.10. The van der Waals surface area contributed by atoms with Crippen LogP contribution in [-0.2, 0) is 6.42 Å². The normalized spacial score (nSPS) is 31.7. The quantitative estimate of drug-likeness (QED) is 0.827. The third-order valence-corrected chi connectivity index (χ3v) is 3.81. The van der Waals surface area contributed by atoms with Crippen LogP contribution in [0.4, 0.5) is 0 Å². The van der Waals surface area contributed by atoms with E-state index in [9.17, 15) is 0 Å². The monoisotopic (exact) mass is 207 g/mol. The zero-order chi connectivity index (χ0) is 10.7. The topological polar surface area (TPSA) is 39.2 Å². The fourth-order valence-electron chi connectivity index (χ4n) is 2.70. The molecule has 1 aliphatic rings. The molecule has 0 aliphatic heterocycles. The van der Waals surface area contributed by atoms with Crippen LogP contribution in [0.5, 0.6) is 0 Å². The smallest absolute Gasteiger partial charge is 0.0934 e. The highest BCUT2D eigenvalue weighted by Gasteiger charge is 2.27. The van der Waals surface area contributed by atoms with E-state index in [-0.39, 0.29) is 0 Å². The second-order valence-electron chi connectivity index (χ2n) is 4.85. The Bertz CT molecular complexity index is 281. The lowest BCUT2D eigenvalue weighted by atomic mass is 9.75. The first-order valence-corrected chi connectivity index (χ1v) is 6.06. The number of hydrogen-bond acceptors (Lipinski definition) is 2. The van der Waals surface area contributed by atoms with Crippen molar-refractivity contribution in [2.75, 3.05) is 0 Å². The molecule has 0 aromatic carbocycles. The van der Waals surface area contributed by atoms with Crippen molar-refractivity contribution in [3.63, 3.8) is 0 Å². The number of hydrogen-bond donors (Lipinski definition) is 1. The molecule has 2 rings (SSSR count). The van der Waals surface area contributed by atoms with E-state index < -0.39 is 0 Å². The summed E-state index contributed by atoms with van der Waals surface area (Å²) in [6, 6.07) is 2.45. The third-order valence-electron chi connectivity index (χ3n) is 3.81. The van der Waals surface area contributed by atoms with Crippen molar-refractivity contribution in [2.45, 2.75) is 45.1 Å². The summed E-state index contributed by atoms with van der Waals surface area (Å²) in [7, 11) is 0. The maximum Gasteiger partial charge on any atom is 0.0934 e. The molecule has 0 saturated heterocycles. The standard InChI is InChI=1S/C13H21NO/c1-2-10-3-4-13(14)12(7-10)8-11-5-6-15-9-11/h5-6,9-10,12-13H,2-4,7-8,14H2,1H3. The number of rotatable bonds is 3. The van der Waals surface area contributed by atoms with E-state index >= 15 is 0 Å². The van der Waals surface area contributed by atoms with Crippen LogP contribution in [-0.4, -0.2) is 6.04 Å². The Morgan fingerprint density at radius 3 is 3.00 bits per heavy atom. The molecule has 1 aromatic rings. The summed E-state index contributed by atoms with van der Waals surface area (Å²) in [4.78, 5) is 0. The van der Waals surface area contributed by atoms with Gasteiger partial charge in [-0.2, -0.15) is 0 Å². The van der Waals surface area contributed by atoms with Gasteiger partial charge in [-0.1, -0.05) is 13.3 Å². The molecule has 1 saturated carbocycles. The van der Waals surface area contributed by atoms with Crippen molar-refractivity contribution in [3.05, 3.63) is 24.2 Å². The van der Waals surface area contributed by atoms with E-state index in [1.165, 1.54) is 31.2 Å². The molecule has 15 heavy (non-hydrogen) atoms. The Labute approximate surface area is 91.8 Å². The van der Waals surface area contributed by atoms with Gasteiger partial charge in [0.15, 0.2) is 0 Å². The van der Waals surface area contributed by atoms with Gasteiger partial charge < -0.3 is 10.2 Å². The average Bonchev–Trinajstić information content (AvgIpc) is 2.74. The highest BCUT2D eigenvalue weighted by molar-refractivity contribution is 5.07. The molecule has 0 radical (unpaired) electrons. The summed E-state index contributed by atoms with van der Waals surface area (Å²) in [6.07, 6.45) is 9.80. The molecule has 2 nitrogen and oxygen atoms in total. The van der Waals surface area contributed by atoms with Crippen molar-refractivity contribution in [1.82, 2.24) is 0 Å². The maximum atomic E-state index is 6.18. The Kier molecular flexibility index (Phi) is 3.47. The summed E-state index contributed by atoms with van der Waals surface area (Å²) in [5.41, 5.74) is 7.48. The second-order valence-corrected chi connectivity index (χ2v) is 4.85. The van der Waals surface area contributed by atoms with Gasteiger partial charge in [-0.15, -0.1) is 0 Å². The number of furan rings is 1.